The molecule has 1 unspecified atom stereocenters. The second-order valence-electron chi connectivity index (χ2n) is 6.89. The van der Waals surface area contributed by atoms with Crippen LogP contribution in [0.2, 0.25) is 0 Å². The van der Waals surface area contributed by atoms with Gasteiger partial charge in [0.05, 0.1) is 26.4 Å². The molecule has 2 rings (SSSR count). The zero-order valence-electron chi connectivity index (χ0n) is 18.0. The predicted molar refractivity (Wildman–Crippen MR) is 114 cm³/mol. The molecule has 0 fully saturated rings. The summed E-state index contributed by atoms with van der Waals surface area (Å²) < 4.78 is 36.0. The van der Waals surface area contributed by atoms with Gasteiger partial charge in [0.15, 0.2) is 11.5 Å². The maximum absolute atomic E-state index is 13.9. The van der Waals surface area contributed by atoms with Gasteiger partial charge >= 0.3 is 7.60 Å². The van der Waals surface area contributed by atoms with Gasteiger partial charge in [-0.25, -0.2) is 15.0 Å². The molecule has 1 heterocycles. The monoisotopic (exact) mass is 437 g/mol. The number of methoxy groups -OCH3 is 2. The van der Waals surface area contributed by atoms with Crippen LogP contribution in [0.1, 0.15) is 38.9 Å². The van der Waals surface area contributed by atoms with Crippen LogP contribution in [0.3, 0.4) is 0 Å². The molecule has 0 aliphatic carbocycles. The van der Waals surface area contributed by atoms with Crippen LogP contribution in [0.15, 0.2) is 35.6 Å². The number of aromatic nitrogens is 2. The SMILES string of the molecule is COc1cc(C(C=Nc2ncccn2)P(=O)(OC(C)C)OC(C)C)cc(OC)c1O. The Hall–Kier alpha value is -2.48. The highest BCUT2D eigenvalue weighted by atomic mass is 31.2. The molecule has 0 amide bonds. The van der Waals surface area contributed by atoms with Gasteiger partial charge in [-0.2, -0.15) is 0 Å². The van der Waals surface area contributed by atoms with Crippen LogP contribution in [0.4, 0.5) is 5.95 Å². The molecule has 1 aromatic carbocycles. The zero-order chi connectivity index (χ0) is 22.3. The first-order valence-electron chi connectivity index (χ1n) is 9.42. The highest BCUT2D eigenvalue weighted by Crippen LogP contribution is 2.62. The molecule has 0 saturated carbocycles. The van der Waals surface area contributed by atoms with Crippen molar-refractivity contribution in [2.24, 2.45) is 4.99 Å². The van der Waals surface area contributed by atoms with Gasteiger partial charge in [0.2, 0.25) is 11.7 Å². The van der Waals surface area contributed by atoms with Crippen molar-refractivity contribution in [3.8, 4) is 17.2 Å². The summed E-state index contributed by atoms with van der Waals surface area (Å²) in [7, 11) is -0.953. The molecule has 0 aliphatic rings. The van der Waals surface area contributed by atoms with Crippen molar-refractivity contribution in [3.63, 3.8) is 0 Å². The molecule has 2 aromatic rings. The van der Waals surface area contributed by atoms with Gasteiger partial charge in [-0.15, -0.1) is 0 Å². The Labute approximate surface area is 176 Å². The van der Waals surface area contributed by atoms with E-state index in [-0.39, 0.29) is 35.4 Å². The fraction of sp³-hybridized carbons (Fsp3) is 0.450. The van der Waals surface area contributed by atoms with Crippen LogP contribution < -0.4 is 9.47 Å². The minimum absolute atomic E-state index is 0.152. The summed E-state index contributed by atoms with van der Waals surface area (Å²) in [5.74, 6) is 0.329. The summed E-state index contributed by atoms with van der Waals surface area (Å²) in [6, 6.07) is 4.75. The highest BCUT2D eigenvalue weighted by Gasteiger charge is 2.39. The lowest BCUT2D eigenvalue weighted by molar-refractivity contribution is 0.140. The summed E-state index contributed by atoms with van der Waals surface area (Å²) in [4.78, 5) is 12.4. The number of phenols is 1. The van der Waals surface area contributed by atoms with Gasteiger partial charge < -0.3 is 23.6 Å². The molecule has 0 aliphatic heterocycles. The van der Waals surface area contributed by atoms with Crippen LogP contribution in [0.25, 0.3) is 0 Å². The van der Waals surface area contributed by atoms with E-state index >= 15 is 0 Å². The topological polar surface area (TPSA) is 112 Å². The molecule has 0 radical (unpaired) electrons. The van der Waals surface area contributed by atoms with Crippen LogP contribution in [0.5, 0.6) is 17.2 Å². The number of hydrogen-bond acceptors (Lipinski definition) is 9. The zero-order valence-corrected chi connectivity index (χ0v) is 18.9. The average molecular weight is 437 g/mol. The molecule has 1 aromatic heterocycles. The van der Waals surface area contributed by atoms with Crippen molar-refractivity contribution in [1.29, 1.82) is 0 Å². The smallest absolute Gasteiger partial charge is 0.343 e. The Bertz CT molecular complexity index is 866. The third kappa shape index (κ3) is 6.01. The number of nitrogens with zero attached hydrogens (tertiary/aromatic N) is 3. The van der Waals surface area contributed by atoms with Crippen molar-refractivity contribution in [2.75, 3.05) is 14.2 Å². The number of rotatable bonds is 10. The number of aliphatic imine (C=N–C) groups is 1. The molecule has 0 saturated heterocycles. The Morgan fingerprint density at radius 2 is 1.50 bits per heavy atom. The Morgan fingerprint density at radius 3 is 1.93 bits per heavy atom. The fourth-order valence-corrected chi connectivity index (χ4v) is 4.91. The third-order valence-corrected chi connectivity index (χ3v) is 6.33. The van der Waals surface area contributed by atoms with E-state index in [4.69, 9.17) is 18.5 Å². The largest absolute Gasteiger partial charge is 0.502 e. The number of benzene rings is 1. The number of aromatic hydroxyl groups is 1. The van der Waals surface area contributed by atoms with Crippen molar-refractivity contribution < 1.29 is 28.2 Å². The van der Waals surface area contributed by atoms with Crippen molar-refractivity contribution in [2.45, 2.75) is 45.6 Å². The predicted octanol–water partition coefficient (Wildman–Crippen LogP) is 4.69. The first-order chi connectivity index (χ1) is 14.2. The second-order valence-corrected chi connectivity index (χ2v) is 8.95. The van der Waals surface area contributed by atoms with E-state index < -0.39 is 13.3 Å². The van der Waals surface area contributed by atoms with Crippen LogP contribution in [0, 0.1) is 0 Å². The Kier molecular flexibility index (Phi) is 8.34. The summed E-state index contributed by atoms with van der Waals surface area (Å²) in [5, 5.41) is 10.3. The molecule has 10 heteroatoms. The molecule has 9 nitrogen and oxygen atoms in total. The Balaban J connectivity index is 2.66. The highest BCUT2D eigenvalue weighted by molar-refractivity contribution is 7.55. The quantitative estimate of drug-likeness (QED) is 0.421. The van der Waals surface area contributed by atoms with Gasteiger partial charge in [-0.05, 0) is 51.5 Å². The molecular formula is C20H28N3O6P. The normalized spacial score (nSPS) is 13.2. The standard InChI is InChI=1S/C20H28N3O6P/c1-13(2)28-30(25,29-14(3)4)18(12-23-20-21-8-7-9-22-20)15-10-16(26-5)19(24)17(11-15)27-6/h7-14,18,24H,1-6H3. The third-order valence-electron chi connectivity index (χ3n) is 3.78. The summed E-state index contributed by atoms with van der Waals surface area (Å²) in [5.41, 5.74) is -0.472. The van der Waals surface area contributed by atoms with E-state index in [1.165, 1.54) is 20.4 Å². The molecule has 1 atom stereocenters. The van der Waals surface area contributed by atoms with Crippen molar-refractivity contribution in [1.82, 2.24) is 9.97 Å². The van der Waals surface area contributed by atoms with Gasteiger partial charge in [-0.3, -0.25) is 4.57 Å². The summed E-state index contributed by atoms with van der Waals surface area (Å²) >= 11 is 0. The fourth-order valence-electron chi connectivity index (χ4n) is 2.67. The molecule has 0 bridgehead atoms. The number of ether oxygens (including phenoxy) is 2. The van der Waals surface area contributed by atoms with E-state index in [1.807, 2.05) is 0 Å². The lowest BCUT2D eigenvalue weighted by Gasteiger charge is -2.28. The van der Waals surface area contributed by atoms with E-state index in [0.717, 1.165) is 0 Å². The van der Waals surface area contributed by atoms with Crippen LogP contribution in [-0.4, -0.2) is 47.7 Å². The minimum Gasteiger partial charge on any atom is -0.502 e. The van der Waals surface area contributed by atoms with E-state index in [1.54, 1.807) is 58.3 Å². The number of phenolic OH excluding ortho intramolecular Hbond substituents is 1. The first-order valence-corrected chi connectivity index (χ1v) is 11.0. The van der Waals surface area contributed by atoms with Gasteiger partial charge in [0.1, 0.15) is 5.66 Å². The van der Waals surface area contributed by atoms with Crippen LogP contribution >= 0.6 is 7.60 Å². The maximum Gasteiger partial charge on any atom is 0.343 e. The van der Waals surface area contributed by atoms with E-state index in [2.05, 4.69) is 15.0 Å². The lowest BCUT2D eigenvalue weighted by atomic mass is 10.1. The molecule has 1 N–H and O–H groups in total. The maximum atomic E-state index is 13.9. The summed E-state index contributed by atoms with van der Waals surface area (Å²) in [6.07, 6.45) is 3.77. The second kappa shape index (κ2) is 10.5. The minimum atomic E-state index is -3.77. The summed E-state index contributed by atoms with van der Waals surface area (Å²) in [6.45, 7) is 7.07. The van der Waals surface area contributed by atoms with E-state index in [0.29, 0.717) is 5.56 Å². The molecular weight excluding hydrogens is 409 g/mol. The molecule has 164 valence electrons. The van der Waals surface area contributed by atoms with Gasteiger partial charge in [-0.1, -0.05) is 0 Å². The molecule has 0 spiro atoms. The van der Waals surface area contributed by atoms with Crippen LogP contribution in [-0.2, 0) is 13.6 Å². The Morgan fingerprint density at radius 1 is 1.00 bits per heavy atom. The first kappa shape index (κ1) is 23.8. The van der Waals surface area contributed by atoms with Crippen molar-refractivity contribution >= 4 is 19.8 Å². The van der Waals surface area contributed by atoms with E-state index in [9.17, 15) is 9.67 Å². The average Bonchev–Trinajstić information content (AvgIpc) is 2.68. The lowest BCUT2D eigenvalue weighted by Crippen LogP contribution is -2.15. The van der Waals surface area contributed by atoms with Gasteiger partial charge in [0, 0.05) is 18.6 Å². The van der Waals surface area contributed by atoms with Gasteiger partial charge in [0.25, 0.3) is 0 Å². The molecule has 30 heavy (non-hydrogen) atoms. The van der Waals surface area contributed by atoms with Crippen molar-refractivity contribution in [3.05, 3.63) is 36.2 Å². The number of hydrogen-bond donors (Lipinski definition) is 1.